The van der Waals surface area contributed by atoms with E-state index in [-0.39, 0.29) is 12.2 Å². The minimum absolute atomic E-state index is 0.0281. The van der Waals surface area contributed by atoms with Gasteiger partial charge in [-0.15, -0.1) is 0 Å². The predicted molar refractivity (Wildman–Crippen MR) is 79.7 cm³/mol. The van der Waals surface area contributed by atoms with Crippen molar-refractivity contribution in [2.75, 3.05) is 17.2 Å². The van der Waals surface area contributed by atoms with Gasteiger partial charge in [0.15, 0.2) is 0 Å². The van der Waals surface area contributed by atoms with Gasteiger partial charge in [-0.3, -0.25) is 4.79 Å². The van der Waals surface area contributed by atoms with E-state index in [0.29, 0.717) is 0 Å². The quantitative estimate of drug-likeness (QED) is 0.894. The molecular formula is C16H15F3N2O. The molecule has 0 aromatic heterocycles. The van der Waals surface area contributed by atoms with E-state index in [9.17, 15) is 18.0 Å². The zero-order chi connectivity index (χ0) is 16.2. The van der Waals surface area contributed by atoms with Crippen LogP contribution >= 0.6 is 0 Å². The molecule has 2 rings (SSSR count). The maximum atomic E-state index is 12.6. The topological polar surface area (TPSA) is 41.1 Å². The Morgan fingerprint density at radius 2 is 1.73 bits per heavy atom. The van der Waals surface area contributed by atoms with Crippen molar-refractivity contribution in [3.8, 4) is 0 Å². The smallest absolute Gasteiger partial charge is 0.376 e. The van der Waals surface area contributed by atoms with E-state index in [4.69, 9.17) is 0 Å². The van der Waals surface area contributed by atoms with Crippen molar-refractivity contribution >= 4 is 17.3 Å². The molecule has 1 amide bonds. The first-order valence-corrected chi connectivity index (χ1v) is 6.62. The van der Waals surface area contributed by atoms with Crippen LogP contribution < -0.4 is 10.6 Å². The van der Waals surface area contributed by atoms with Gasteiger partial charge in [0.2, 0.25) is 5.91 Å². The maximum Gasteiger partial charge on any atom is 0.416 e. The van der Waals surface area contributed by atoms with E-state index in [2.05, 4.69) is 10.6 Å². The Morgan fingerprint density at radius 1 is 1.05 bits per heavy atom. The van der Waals surface area contributed by atoms with Gasteiger partial charge >= 0.3 is 6.18 Å². The first kappa shape index (κ1) is 15.9. The van der Waals surface area contributed by atoms with Crippen LogP contribution in [0.1, 0.15) is 11.1 Å². The summed E-state index contributed by atoms with van der Waals surface area (Å²) in [5.74, 6) is -0.416. The molecule has 22 heavy (non-hydrogen) atoms. The van der Waals surface area contributed by atoms with E-state index < -0.39 is 17.6 Å². The molecule has 2 N–H and O–H groups in total. The zero-order valence-corrected chi connectivity index (χ0v) is 11.9. The van der Waals surface area contributed by atoms with E-state index in [1.165, 1.54) is 12.1 Å². The fourth-order valence-electron chi connectivity index (χ4n) is 1.92. The van der Waals surface area contributed by atoms with Crippen LogP contribution in [0.3, 0.4) is 0 Å². The standard InChI is InChI=1S/C16H15F3N2O/c1-11-4-2-6-13(8-11)20-10-15(22)21-14-7-3-5-12(9-14)16(17,18)19/h2-9,20H,10H2,1H3,(H,21,22). The molecule has 2 aromatic rings. The van der Waals surface area contributed by atoms with Crippen molar-refractivity contribution in [1.82, 2.24) is 0 Å². The Morgan fingerprint density at radius 3 is 2.41 bits per heavy atom. The minimum atomic E-state index is -4.43. The third kappa shape index (κ3) is 4.51. The highest BCUT2D eigenvalue weighted by molar-refractivity contribution is 5.93. The van der Waals surface area contributed by atoms with Crippen LogP contribution in [0.2, 0.25) is 0 Å². The largest absolute Gasteiger partial charge is 0.416 e. The van der Waals surface area contributed by atoms with Crippen molar-refractivity contribution in [1.29, 1.82) is 0 Å². The maximum absolute atomic E-state index is 12.6. The van der Waals surface area contributed by atoms with Crippen LogP contribution in [0.4, 0.5) is 24.5 Å². The Hall–Kier alpha value is -2.50. The number of amides is 1. The van der Waals surface area contributed by atoms with Gasteiger partial charge in [-0.1, -0.05) is 18.2 Å². The molecule has 0 radical (unpaired) electrons. The molecule has 2 aromatic carbocycles. The van der Waals surface area contributed by atoms with Crippen molar-refractivity contribution in [2.45, 2.75) is 13.1 Å². The molecule has 0 spiro atoms. The second kappa shape index (κ2) is 6.51. The second-order valence-corrected chi connectivity index (χ2v) is 4.85. The lowest BCUT2D eigenvalue weighted by atomic mass is 10.2. The average Bonchev–Trinajstić information content (AvgIpc) is 2.45. The van der Waals surface area contributed by atoms with Gasteiger partial charge in [-0.05, 0) is 42.8 Å². The van der Waals surface area contributed by atoms with E-state index >= 15 is 0 Å². The van der Waals surface area contributed by atoms with Crippen LogP contribution in [0.15, 0.2) is 48.5 Å². The Labute approximate surface area is 126 Å². The van der Waals surface area contributed by atoms with Crippen molar-refractivity contribution < 1.29 is 18.0 Å². The van der Waals surface area contributed by atoms with Gasteiger partial charge in [0.1, 0.15) is 0 Å². The lowest BCUT2D eigenvalue weighted by molar-refractivity contribution is -0.137. The molecule has 0 atom stereocenters. The van der Waals surface area contributed by atoms with Crippen LogP contribution in [0.5, 0.6) is 0 Å². The molecule has 6 heteroatoms. The molecule has 0 bridgehead atoms. The fourth-order valence-corrected chi connectivity index (χ4v) is 1.92. The van der Waals surface area contributed by atoms with Crippen molar-refractivity contribution in [3.63, 3.8) is 0 Å². The number of nitrogens with one attached hydrogen (secondary N) is 2. The molecule has 116 valence electrons. The van der Waals surface area contributed by atoms with Gasteiger partial charge in [0.05, 0.1) is 12.1 Å². The normalized spacial score (nSPS) is 11.1. The summed E-state index contributed by atoms with van der Waals surface area (Å²) in [5.41, 5.74) is 1.14. The Balaban J connectivity index is 1.95. The SMILES string of the molecule is Cc1cccc(NCC(=O)Nc2cccc(C(F)(F)F)c2)c1. The average molecular weight is 308 g/mol. The lowest BCUT2D eigenvalue weighted by Crippen LogP contribution is -2.22. The third-order valence-corrected chi connectivity index (χ3v) is 2.94. The Bertz CT molecular complexity index is 668. The molecule has 0 fully saturated rings. The van der Waals surface area contributed by atoms with Gasteiger partial charge in [-0.2, -0.15) is 13.2 Å². The number of alkyl halides is 3. The van der Waals surface area contributed by atoms with E-state index in [1.807, 2.05) is 31.2 Å². The highest BCUT2D eigenvalue weighted by atomic mass is 19.4. The summed E-state index contributed by atoms with van der Waals surface area (Å²) in [6.07, 6.45) is -4.43. The third-order valence-electron chi connectivity index (χ3n) is 2.94. The molecule has 0 aliphatic rings. The minimum Gasteiger partial charge on any atom is -0.376 e. The number of anilines is 2. The van der Waals surface area contributed by atoms with Crippen LogP contribution in [-0.2, 0) is 11.0 Å². The molecule has 0 saturated heterocycles. The number of carbonyl (C=O) groups is 1. The monoisotopic (exact) mass is 308 g/mol. The number of benzene rings is 2. The number of rotatable bonds is 4. The molecule has 0 unspecified atom stereocenters. The number of hydrogen-bond acceptors (Lipinski definition) is 2. The summed E-state index contributed by atoms with van der Waals surface area (Å²) < 4.78 is 37.8. The predicted octanol–water partition coefficient (Wildman–Crippen LogP) is 4.06. The summed E-state index contributed by atoms with van der Waals surface area (Å²) in [5, 5.41) is 5.35. The number of halogens is 3. The van der Waals surface area contributed by atoms with Gasteiger partial charge < -0.3 is 10.6 Å². The molecule has 0 aliphatic carbocycles. The summed E-state index contributed by atoms with van der Waals surface area (Å²) in [6, 6.07) is 12.0. The van der Waals surface area contributed by atoms with Gasteiger partial charge in [0.25, 0.3) is 0 Å². The number of hydrogen-bond donors (Lipinski definition) is 2. The highest BCUT2D eigenvalue weighted by Gasteiger charge is 2.30. The second-order valence-electron chi connectivity index (χ2n) is 4.85. The van der Waals surface area contributed by atoms with Crippen LogP contribution in [0.25, 0.3) is 0 Å². The zero-order valence-electron chi connectivity index (χ0n) is 11.9. The fraction of sp³-hybridized carbons (Fsp3) is 0.188. The van der Waals surface area contributed by atoms with E-state index in [1.54, 1.807) is 0 Å². The summed E-state index contributed by atoms with van der Waals surface area (Å²) in [6.45, 7) is 1.90. The molecule has 0 heterocycles. The molecule has 0 aliphatic heterocycles. The first-order valence-electron chi connectivity index (χ1n) is 6.62. The van der Waals surface area contributed by atoms with Gasteiger partial charge in [-0.25, -0.2) is 0 Å². The van der Waals surface area contributed by atoms with Crippen LogP contribution in [0, 0.1) is 6.92 Å². The number of carbonyl (C=O) groups excluding carboxylic acids is 1. The van der Waals surface area contributed by atoms with E-state index in [0.717, 1.165) is 23.4 Å². The summed E-state index contributed by atoms with van der Waals surface area (Å²) in [4.78, 5) is 11.8. The molecule has 3 nitrogen and oxygen atoms in total. The van der Waals surface area contributed by atoms with Crippen molar-refractivity contribution in [2.24, 2.45) is 0 Å². The highest BCUT2D eigenvalue weighted by Crippen LogP contribution is 2.30. The first-order chi connectivity index (χ1) is 10.3. The Kier molecular flexibility index (Phi) is 4.70. The number of aryl methyl sites for hydroxylation is 1. The lowest BCUT2D eigenvalue weighted by Gasteiger charge is -2.11. The molecular weight excluding hydrogens is 293 g/mol. The van der Waals surface area contributed by atoms with Crippen molar-refractivity contribution in [3.05, 3.63) is 59.7 Å². The summed E-state index contributed by atoms with van der Waals surface area (Å²) in [7, 11) is 0. The molecule has 0 saturated carbocycles. The summed E-state index contributed by atoms with van der Waals surface area (Å²) >= 11 is 0. The van der Waals surface area contributed by atoms with Gasteiger partial charge in [0, 0.05) is 11.4 Å². The van der Waals surface area contributed by atoms with Crippen LogP contribution in [-0.4, -0.2) is 12.5 Å².